The van der Waals surface area contributed by atoms with Crippen LogP contribution in [0.2, 0.25) is 0 Å². The van der Waals surface area contributed by atoms with Crippen LogP contribution in [0.5, 0.6) is 0 Å². The molecule has 2 heterocycles. The molecule has 0 bridgehead atoms. The van der Waals surface area contributed by atoms with Gasteiger partial charge in [-0.2, -0.15) is 24.9 Å². The maximum Gasteiger partial charge on any atom is 0.449 e. The van der Waals surface area contributed by atoms with Crippen LogP contribution in [-0.2, 0) is 15.8 Å². The van der Waals surface area contributed by atoms with Gasteiger partial charge < -0.3 is 19.5 Å². The molecule has 0 radical (unpaired) electrons. The van der Waals surface area contributed by atoms with E-state index in [1.165, 1.54) is 0 Å². The lowest BCUT2D eigenvalue weighted by atomic mass is 9.96. The van der Waals surface area contributed by atoms with Crippen molar-refractivity contribution >= 4 is 23.6 Å². The SMILES string of the molecule is O=C(O)CCCSCCN1C(=O)CCC[C@@H]1CC[C@@H](O)c1ccc(C(F)(F)F)o1. The number of halogens is 3. The van der Waals surface area contributed by atoms with Crippen LogP contribution in [0.1, 0.15) is 62.6 Å². The normalized spacial score (nSPS) is 18.8. The Morgan fingerprint density at radius 1 is 1.34 bits per heavy atom. The van der Waals surface area contributed by atoms with Gasteiger partial charge in [0.1, 0.15) is 11.9 Å². The van der Waals surface area contributed by atoms with E-state index in [-0.39, 0.29) is 30.6 Å². The highest BCUT2D eigenvalue weighted by molar-refractivity contribution is 7.99. The lowest BCUT2D eigenvalue weighted by Crippen LogP contribution is -2.44. The van der Waals surface area contributed by atoms with Gasteiger partial charge in [-0.3, -0.25) is 9.59 Å². The minimum Gasteiger partial charge on any atom is -0.481 e. The van der Waals surface area contributed by atoms with Crippen LogP contribution in [0.4, 0.5) is 13.2 Å². The number of aliphatic carboxylic acids is 1. The molecule has 1 fully saturated rings. The molecule has 2 rings (SSSR count). The molecule has 164 valence electrons. The Labute approximate surface area is 171 Å². The molecule has 1 aliphatic heterocycles. The van der Waals surface area contributed by atoms with Gasteiger partial charge in [-0.1, -0.05) is 0 Å². The Bertz CT molecular complexity index is 679. The molecule has 0 aliphatic carbocycles. The zero-order chi connectivity index (χ0) is 21.4. The first-order valence-electron chi connectivity index (χ1n) is 9.62. The number of nitrogens with zero attached hydrogens (tertiary/aromatic N) is 1. The number of amides is 1. The van der Waals surface area contributed by atoms with Gasteiger partial charge in [-0.25, -0.2) is 0 Å². The van der Waals surface area contributed by atoms with Gasteiger partial charge in [0.25, 0.3) is 0 Å². The number of furan rings is 1. The van der Waals surface area contributed by atoms with E-state index < -0.39 is 24.0 Å². The predicted octanol–water partition coefficient (Wildman–Crippen LogP) is 4.09. The average Bonchev–Trinajstić information content (AvgIpc) is 3.14. The maximum atomic E-state index is 12.6. The molecule has 0 aromatic carbocycles. The van der Waals surface area contributed by atoms with Crippen molar-refractivity contribution in [1.29, 1.82) is 0 Å². The summed E-state index contributed by atoms with van der Waals surface area (Å²) < 4.78 is 42.6. The molecule has 0 spiro atoms. The van der Waals surface area contributed by atoms with Crippen molar-refractivity contribution < 1.29 is 37.4 Å². The van der Waals surface area contributed by atoms with Crippen LogP contribution >= 0.6 is 11.8 Å². The van der Waals surface area contributed by atoms with Crippen LogP contribution in [0.25, 0.3) is 0 Å². The first kappa shape index (κ1) is 23.6. The van der Waals surface area contributed by atoms with E-state index in [0.29, 0.717) is 37.3 Å². The molecular weight excluding hydrogens is 411 g/mol. The molecule has 29 heavy (non-hydrogen) atoms. The number of hydrogen-bond donors (Lipinski definition) is 2. The summed E-state index contributed by atoms with van der Waals surface area (Å²) >= 11 is 1.59. The number of hydrogen-bond acceptors (Lipinski definition) is 5. The second-order valence-corrected chi connectivity index (χ2v) is 8.26. The van der Waals surface area contributed by atoms with Crippen molar-refractivity contribution in [1.82, 2.24) is 4.90 Å². The summed E-state index contributed by atoms with van der Waals surface area (Å²) in [6.07, 6.45) is -2.37. The minimum absolute atomic E-state index is 0.0410. The minimum atomic E-state index is -4.59. The van der Waals surface area contributed by atoms with Crippen molar-refractivity contribution in [3.8, 4) is 0 Å². The van der Waals surface area contributed by atoms with Crippen molar-refractivity contribution in [2.24, 2.45) is 0 Å². The summed E-state index contributed by atoms with van der Waals surface area (Å²) in [4.78, 5) is 24.6. The zero-order valence-electron chi connectivity index (χ0n) is 16.0. The third kappa shape index (κ3) is 7.58. The van der Waals surface area contributed by atoms with E-state index in [0.717, 1.165) is 25.0 Å². The molecule has 1 amide bonds. The summed E-state index contributed by atoms with van der Waals surface area (Å²) in [5.74, 6) is -0.649. The highest BCUT2D eigenvalue weighted by Crippen LogP contribution is 2.33. The third-order valence-corrected chi connectivity index (χ3v) is 5.90. The number of likely N-dealkylation sites (tertiary alicyclic amines) is 1. The van der Waals surface area contributed by atoms with Crippen LogP contribution < -0.4 is 0 Å². The first-order chi connectivity index (χ1) is 13.7. The summed E-state index contributed by atoms with van der Waals surface area (Å²) in [5, 5.41) is 18.8. The Morgan fingerprint density at radius 3 is 2.76 bits per heavy atom. The molecule has 2 N–H and O–H groups in total. The number of rotatable bonds is 11. The van der Waals surface area contributed by atoms with E-state index in [9.17, 15) is 27.9 Å². The molecule has 1 aliphatic rings. The van der Waals surface area contributed by atoms with Crippen molar-refractivity contribution in [3.63, 3.8) is 0 Å². The number of alkyl halides is 3. The fourth-order valence-electron chi connectivity index (χ4n) is 3.37. The summed E-state index contributed by atoms with van der Waals surface area (Å²) in [7, 11) is 0. The van der Waals surface area contributed by atoms with E-state index >= 15 is 0 Å². The quantitative estimate of drug-likeness (QED) is 0.507. The monoisotopic (exact) mass is 437 g/mol. The molecule has 2 atom stereocenters. The Balaban J connectivity index is 1.81. The van der Waals surface area contributed by atoms with Gasteiger partial charge in [-0.05, 0) is 50.0 Å². The average molecular weight is 437 g/mol. The topological polar surface area (TPSA) is 91.0 Å². The maximum absolute atomic E-state index is 12.6. The van der Waals surface area contributed by atoms with Gasteiger partial charge >= 0.3 is 12.1 Å². The van der Waals surface area contributed by atoms with Crippen LogP contribution in [0.3, 0.4) is 0 Å². The molecule has 0 saturated carbocycles. The molecule has 1 aromatic rings. The van der Waals surface area contributed by atoms with Crippen LogP contribution in [0.15, 0.2) is 16.5 Å². The number of carboxylic acids is 1. The number of carbonyl (C=O) groups excluding carboxylic acids is 1. The molecule has 6 nitrogen and oxygen atoms in total. The highest BCUT2D eigenvalue weighted by Gasteiger charge is 2.35. The van der Waals surface area contributed by atoms with Crippen molar-refractivity contribution in [2.75, 3.05) is 18.1 Å². The summed E-state index contributed by atoms with van der Waals surface area (Å²) in [5.41, 5.74) is 0. The largest absolute Gasteiger partial charge is 0.481 e. The molecular formula is C19H26F3NO5S. The zero-order valence-corrected chi connectivity index (χ0v) is 16.8. The van der Waals surface area contributed by atoms with Gasteiger partial charge in [0.05, 0.1) is 0 Å². The van der Waals surface area contributed by atoms with Crippen LogP contribution in [-0.4, -0.2) is 51.1 Å². The summed E-state index contributed by atoms with van der Waals surface area (Å²) in [6.45, 7) is 0.538. The number of piperidine rings is 1. The van der Waals surface area contributed by atoms with E-state index in [1.54, 1.807) is 16.7 Å². The first-order valence-corrected chi connectivity index (χ1v) is 10.8. The standard InChI is InChI=1S/C19H26F3NO5S/c20-19(21,22)16-9-8-15(28-16)14(24)7-6-13-3-1-4-17(25)23(13)10-12-29-11-2-5-18(26)27/h8-9,13-14,24H,1-7,10-12H2,(H,26,27)/t13-,14-/m1/s1. The fourth-order valence-corrected chi connectivity index (χ4v) is 4.25. The number of carbonyl (C=O) groups is 2. The van der Waals surface area contributed by atoms with Gasteiger partial charge in [0, 0.05) is 31.2 Å². The third-order valence-electron chi connectivity index (χ3n) is 4.85. The molecule has 10 heteroatoms. The van der Waals surface area contributed by atoms with Crippen molar-refractivity contribution in [2.45, 2.75) is 63.3 Å². The number of thioether (sulfide) groups is 1. The van der Waals surface area contributed by atoms with E-state index in [2.05, 4.69) is 0 Å². The van der Waals surface area contributed by atoms with E-state index in [4.69, 9.17) is 9.52 Å². The second kappa shape index (κ2) is 10.9. The smallest absolute Gasteiger partial charge is 0.449 e. The van der Waals surface area contributed by atoms with Gasteiger partial charge in [-0.15, -0.1) is 0 Å². The fraction of sp³-hybridized carbons (Fsp3) is 0.684. The lowest BCUT2D eigenvalue weighted by Gasteiger charge is -2.36. The van der Waals surface area contributed by atoms with Crippen molar-refractivity contribution in [3.05, 3.63) is 23.7 Å². The Kier molecular flexibility index (Phi) is 8.88. The van der Waals surface area contributed by atoms with Gasteiger partial charge in [0.2, 0.25) is 11.7 Å². The van der Waals surface area contributed by atoms with Gasteiger partial charge in [0.15, 0.2) is 0 Å². The second-order valence-electron chi connectivity index (χ2n) is 7.04. The predicted molar refractivity (Wildman–Crippen MR) is 101 cm³/mol. The Morgan fingerprint density at radius 2 is 2.10 bits per heavy atom. The number of aliphatic hydroxyl groups excluding tert-OH is 1. The highest BCUT2D eigenvalue weighted by atomic mass is 32.2. The molecule has 1 saturated heterocycles. The van der Waals surface area contributed by atoms with Crippen LogP contribution in [0, 0.1) is 0 Å². The lowest BCUT2D eigenvalue weighted by molar-refractivity contribution is -0.154. The number of aliphatic hydroxyl groups is 1. The Hall–Kier alpha value is -1.68. The molecule has 0 unspecified atom stereocenters. The van der Waals surface area contributed by atoms with E-state index in [1.807, 2.05) is 0 Å². The summed E-state index contributed by atoms with van der Waals surface area (Å²) in [6, 6.07) is 1.87. The molecule has 1 aromatic heterocycles. The number of carboxylic acid groups (broad SMARTS) is 1.